The van der Waals surface area contributed by atoms with Crippen molar-refractivity contribution < 1.29 is 9.90 Å². The van der Waals surface area contributed by atoms with E-state index in [0.29, 0.717) is 12.4 Å². The minimum atomic E-state index is -0.901. The Labute approximate surface area is 94.7 Å². The highest BCUT2D eigenvalue weighted by Gasteiger charge is 2.09. The number of aliphatic carboxylic acids is 1. The first-order valence-corrected chi connectivity index (χ1v) is 5.71. The number of aryl methyl sites for hydroxylation is 1. The fourth-order valence-electron chi connectivity index (χ4n) is 1.52. The van der Waals surface area contributed by atoms with E-state index in [1.165, 1.54) is 19.3 Å². The Hall–Kier alpha value is -1.46. The Morgan fingerprint density at radius 1 is 1.31 bits per heavy atom. The number of carbonyl (C=O) groups is 1. The zero-order valence-corrected chi connectivity index (χ0v) is 9.59. The molecule has 6 nitrogen and oxygen atoms in total. The second-order valence-electron chi connectivity index (χ2n) is 3.80. The van der Waals surface area contributed by atoms with Crippen LogP contribution in [0.4, 0.5) is 0 Å². The average Bonchev–Trinajstić information content (AvgIpc) is 2.64. The summed E-state index contributed by atoms with van der Waals surface area (Å²) in [5, 5.41) is 19.6. The van der Waals surface area contributed by atoms with Crippen LogP contribution in [0.1, 0.15) is 44.9 Å². The molecule has 1 rings (SSSR count). The molecule has 6 heteroatoms. The zero-order valence-electron chi connectivity index (χ0n) is 9.59. The first-order chi connectivity index (χ1) is 7.74. The van der Waals surface area contributed by atoms with Crippen LogP contribution in [-0.4, -0.2) is 31.3 Å². The monoisotopic (exact) mass is 226 g/mol. The average molecular weight is 226 g/mol. The summed E-state index contributed by atoms with van der Waals surface area (Å²) < 4.78 is 1.58. The molecule has 0 bridgehead atoms. The van der Waals surface area contributed by atoms with Crippen LogP contribution in [0, 0.1) is 0 Å². The van der Waals surface area contributed by atoms with E-state index in [4.69, 9.17) is 5.11 Å². The number of rotatable bonds is 8. The van der Waals surface area contributed by atoms with Gasteiger partial charge in [-0.2, -0.15) is 0 Å². The molecule has 0 aromatic carbocycles. The maximum Gasteiger partial charge on any atom is 0.311 e. The Morgan fingerprint density at radius 2 is 2.06 bits per heavy atom. The number of nitrogens with zero attached hydrogens (tertiary/aromatic N) is 4. The number of hydrogen-bond donors (Lipinski definition) is 1. The Balaban J connectivity index is 2.30. The van der Waals surface area contributed by atoms with Gasteiger partial charge in [-0.25, -0.2) is 4.68 Å². The maximum atomic E-state index is 10.5. The molecule has 0 amide bonds. The molecular formula is C10H18N4O2. The number of carboxylic acids is 1. The fraction of sp³-hybridized carbons (Fsp3) is 0.800. The lowest BCUT2D eigenvalue weighted by molar-refractivity contribution is -0.136. The van der Waals surface area contributed by atoms with E-state index in [9.17, 15) is 4.79 Å². The number of hydrogen-bond acceptors (Lipinski definition) is 4. The van der Waals surface area contributed by atoms with Gasteiger partial charge in [0.2, 0.25) is 0 Å². The van der Waals surface area contributed by atoms with Gasteiger partial charge in [0.05, 0.1) is 0 Å². The molecule has 0 aliphatic heterocycles. The van der Waals surface area contributed by atoms with Crippen LogP contribution < -0.4 is 0 Å². The summed E-state index contributed by atoms with van der Waals surface area (Å²) >= 11 is 0. The van der Waals surface area contributed by atoms with E-state index in [2.05, 4.69) is 22.4 Å². The number of aromatic nitrogens is 4. The predicted octanol–water partition coefficient (Wildman–Crippen LogP) is 1.27. The molecule has 0 unspecified atom stereocenters. The lowest BCUT2D eigenvalue weighted by Gasteiger charge is -2.02. The van der Waals surface area contributed by atoms with Gasteiger partial charge in [-0.05, 0) is 16.8 Å². The van der Waals surface area contributed by atoms with Crippen LogP contribution in [0.5, 0.6) is 0 Å². The van der Waals surface area contributed by atoms with Gasteiger partial charge < -0.3 is 5.11 Å². The predicted molar refractivity (Wildman–Crippen MR) is 57.9 cm³/mol. The highest BCUT2D eigenvalue weighted by atomic mass is 16.4. The lowest BCUT2D eigenvalue weighted by atomic mass is 10.1. The quantitative estimate of drug-likeness (QED) is 0.675. The first-order valence-electron chi connectivity index (χ1n) is 5.71. The molecule has 0 saturated carbocycles. The van der Waals surface area contributed by atoms with Crippen molar-refractivity contribution >= 4 is 5.97 Å². The van der Waals surface area contributed by atoms with E-state index >= 15 is 0 Å². The third-order valence-corrected chi connectivity index (χ3v) is 2.39. The molecule has 0 spiro atoms. The molecule has 1 N–H and O–H groups in total. The first kappa shape index (κ1) is 12.6. The summed E-state index contributed by atoms with van der Waals surface area (Å²) in [6.07, 6.45) is 5.71. The van der Waals surface area contributed by atoms with Crippen molar-refractivity contribution in [1.82, 2.24) is 20.2 Å². The third-order valence-electron chi connectivity index (χ3n) is 2.39. The van der Waals surface area contributed by atoms with Crippen LogP contribution in [-0.2, 0) is 17.8 Å². The van der Waals surface area contributed by atoms with Crippen molar-refractivity contribution in [1.29, 1.82) is 0 Å². The minimum absolute atomic E-state index is 0.109. The molecule has 90 valence electrons. The lowest BCUT2D eigenvalue weighted by Crippen LogP contribution is -2.10. The highest BCUT2D eigenvalue weighted by molar-refractivity contribution is 5.68. The Kier molecular flexibility index (Phi) is 5.45. The zero-order chi connectivity index (χ0) is 11.8. The second kappa shape index (κ2) is 6.92. The van der Waals surface area contributed by atoms with Gasteiger partial charge in [-0.15, -0.1) is 5.10 Å². The molecule has 0 radical (unpaired) electrons. The molecular weight excluding hydrogens is 208 g/mol. The van der Waals surface area contributed by atoms with Crippen LogP contribution in [0.15, 0.2) is 0 Å². The van der Waals surface area contributed by atoms with E-state index in [-0.39, 0.29) is 6.42 Å². The normalized spacial score (nSPS) is 10.6. The van der Waals surface area contributed by atoms with Gasteiger partial charge in [-0.1, -0.05) is 32.6 Å². The largest absolute Gasteiger partial charge is 0.481 e. The van der Waals surface area contributed by atoms with Gasteiger partial charge in [0.15, 0.2) is 5.82 Å². The summed E-state index contributed by atoms with van der Waals surface area (Å²) in [5.41, 5.74) is 0. The van der Waals surface area contributed by atoms with Crippen LogP contribution >= 0.6 is 0 Å². The molecule has 0 fully saturated rings. The Morgan fingerprint density at radius 3 is 2.75 bits per heavy atom. The second-order valence-corrected chi connectivity index (χ2v) is 3.80. The minimum Gasteiger partial charge on any atom is -0.481 e. The van der Waals surface area contributed by atoms with E-state index < -0.39 is 5.97 Å². The van der Waals surface area contributed by atoms with Gasteiger partial charge in [0, 0.05) is 6.54 Å². The summed E-state index contributed by atoms with van der Waals surface area (Å²) in [4.78, 5) is 10.5. The topological polar surface area (TPSA) is 80.9 Å². The van der Waals surface area contributed by atoms with Gasteiger partial charge in [-0.3, -0.25) is 4.79 Å². The molecule has 0 atom stereocenters. The molecule has 16 heavy (non-hydrogen) atoms. The van der Waals surface area contributed by atoms with Crippen molar-refractivity contribution in [2.45, 2.75) is 52.0 Å². The molecule has 0 aliphatic rings. The van der Waals surface area contributed by atoms with Gasteiger partial charge >= 0.3 is 5.97 Å². The standard InChI is InChI=1S/C10H18N4O2/c1-2-3-4-5-6-7-14-9(8-10(15)16)11-12-13-14/h2-8H2,1H3,(H,15,16). The Bertz CT molecular complexity index is 324. The number of carboxylic acid groups (broad SMARTS) is 1. The highest BCUT2D eigenvalue weighted by Crippen LogP contribution is 2.04. The SMILES string of the molecule is CCCCCCCn1nnnc1CC(=O)O. The van der Waals surface area contributed by atoms with Crippen molar-refractivity contribution in [2.75, 3.05) is 0 Å². The van der Waals surface area contributed by atoms with E-state index in [0.717, 1.165) is 12.8 Å². The van der Waals surface area contributed by atoms with Crippen LogP contribution in [0.25, 0.3) is 0 Å². The van der Waals surface area contributed by atoms with Crippen molar-refractivity contribution in [3.05, 3.63) is 5.82 Å². The van der Waals surface area contributed by atoms with Crippen LogP contribution in [0.3, 0.4) is 0 Å². The van der Waals surface area contributed by atoms with Crippen LogP contribution in [0.2, 0.25) is 0 Å². The van der Waals surface area contributed by atoms with Crippen molar-refractivity contribution in [3.8, 4) is 0 Å². The van der Waals surface area contributed by atoms with Gasteiger partial charge in [0.1, 0.15) is 6.42 Å². The van der Waals surface area contributed by atoms with Crippen molar-refractivity contribution in [2.24, 2.45) is 0 Å². The smallest absolute Gasteiger partial charge is 0.311 e. The number of tetrazole rings is 1. The molecule has 1 aromatic rings. The van der Waals surface area contributed by atoms with Crippen molar-refractivity contribution in [3.63, 3.8) is 0 Å². The fourth-order valence-corrected chi connectivity index (χ4v) is 1.52. The molecule has 1 aromatic heterocycles. The molecule has 0 saturated heterocycles. The third kappa shape index (κ3) is 4.37. The summed E-state index contributed by atoms with van der Waals surface area (Å²) in [6, 6.07) is 0. The summed E-state index contributed by atoms with van der Waals surface area (Å²) in [6.45, 7) is 2.88. The van der Waals surface area contributed by atoms with Gasteiger partial charge in [0.25, 0.3) is 0 Å². The molecule has 0 aliphatic carbocycles. The summed E-state index contributed by atoms with van der Waals surface area (Å²) in [7, 11) is 0. The maximum absolute atomic E-state index is 10.5. The molecule has 1 heterocycles. The van der Waals surface area contributed by atoms with E-state index in [1.54, 1.807) is 4.68 Å². The number of unbranched alkanes of at least 4 members (excludes halogenated alkanes) is 4. The van der Waals surface area contributed by atoms with E-state index in [1.807, 2.05) is 0 Å². The summed E-state index contributed by atoms with van der Waals surface area (Å²) in [5.74, 6) is -0.468.